The Balaban J connectivity index is 2.05. The van der Waals surface area contributed by atoms with Gasteiger partial charge in [0.05, 0.1) is 6.61 Å². The summed E-state index contributed by atoms with van der Waals surface area (Å²) < 4.78 is 5.57. The molecule has 0 fully saturated rings. The van der Waals surface area contributed by atoms with Gasteiger partial charge in [0.25, 0.3) is 0 Å². The molecule has 0 aliphatic carbocycles. The molecule has 2 rings (SSSR count). The molecule has 19 heavy (non-hydrogen) atoms. The maximum absolute atomic E-state index is 5.57. The molecule has 3 nitrogen and oxygen atoms in total. The maximum atomic E-state index is 5.57. The molecule has 0 saturated heterocycles. The quantitative estimate of drug-likeness (QED) is 0.853. The van der Waals surface area contributed by atoms with Crippen LogP contribution in [0.3, 0.4) is 0 Å². The number of nitrogens with zero attached hydrogens (tertiary/aromatic N) is 1. The van der Waals surface area contributed by atoms with Crippen molar-refractivity contribution in [1.82, 2.24) is 10.2 Å². The highest BCUT2D eigenvalue weighted by atomic mass is 16.5. The van der Waals surface area contributed by atoms with Crippen molar-refractivity contribution in [3.63, 3.8) is 0 Å². The van der Waals surface area contributed by atoms with E-state index in [1.54, 1.807) is 0 Å². The molecule has 0 bridgehead atoms. The van der Waals surface area contributed by atoms with Crippen molar-refractivity contribution in [3.05, 3.63) is 29.3 Å². The van der Waals surface area contributed by atoms with Gasteiger partial charge in [-0.15, -0.1) is 0 Å². The van der Waals surface area contributed by atoms with E-state index in [2.05, 4.69) is 56.4 Å². The summed E-state index contributed by atoms with van der Waals surface area (Å²) in [6.07, 6.45) is 2.16. The fourth-order valence-electron chi connectivity index (χ4n) is 2.82. The van der Waals surface area contributed by atoms with Crippen LogP contribution in [-0.4, -0.2) is 38.2 Å². The minimum absolute atomic E-state index is 0.431. The number of rotatable bonds is 6. The first kappa shape index (κ1) is 14.4. The van der Waals surface area contributed by atoms with Gasteiger partial charge < -0.3 is 15.0 Å². The van der Waals surface area contributed by atoms with Crippen molar-refractivity contribution in [2.24, 2.45) is 0 Å². The Morgan fingerprint density at radius 1 is 1.37 bits per heavy atom. The minimum Gasteiger partial charge on any atom is -0.493 e. The van der Waals surface area contributed by atoms with Crippen LogP contribution >= 0.6 is 0 Å². The Hall–Kier alpha value is -1.06. The van der Waals surface area contributed by atoms with E-state index in [-0.39, 0.29) is 0 Å². The van der Waals surface area contributed by atoms with Crippen molar-refractivity contribution in [2.45, 2.75) is 38.8 Å². The first-order valence-corrected chi connectivity index (χ1v) is 7.26. The summed E-state index contributed by atoms with van der Waals surface area (Å²) in [5, 5.41) is 3.72. The molecule has 0 spiro atoms. The lowest BCUT2D eigenvalue weighted by molar-refractivity contribution is 0.326. The summed E-state index contributed by atoms with van der Waals surface area (Å²) >= 11 is 0. The molecule has 1 aromatic carbocycles. The van der Waals surface area contributed by atoms with Crippen LogP contribution in [0, 0.1) is 0 Å². The molecule has 106 valence electrons. The zero-order chi connectivity index (χ0) is 13.8. The first-order chi connectivity index (χ1) is 9.10. The highest BCUT2D eigenvalue weighted by molar-refractivity contribution is 5.40. The van der Waals surface area contributed by atoms with E-state index in [4.69, 9.17) is 4.74 Å². The Morgan fingerprint density at radius 2 is 2.16 bits per heavy atom. The van der Waals surface area contributed by atoms with E-state index in [1.807, 2.05) is 0 Å². The van der Waals surface area contributed by atoms with Gasteiger partial charge in [-0.2, -0.15) is 0 Å². The summed E-state index contributed by atoms with van der Waals surface area (Å²) in [6, 6.07) is 7.56. The third-order valence-corrected chi connectivity index (χ3v) is 3.65. The standard InChI is InChI=1S/C16H26N2O/c1-5-15(17-12(2)11-18(3)4)13-6-7-16-14(10-13)8-9-19-16/h6-7,10,12,15,17H,5,8-9,11H2,1-4H3. The molecule has 2 atom stereocenters. The maximum Gasteiger partial charge on any atom is 0.122 e. The topological polar surface area (TPSA) is 24.5 Å². The monoisotopic (exact) mass is 262 g/mol. The number of benzene rings is 1. The van der Waals surface area contributed by atoms with Crippen LogP contribution in [0.1, 0.15) is 37.4 Å². The Labute approximate surface area is 116 Å². The van der Waals surface area contributed by atoms with Crippen molar-refractivity contribution in [3.8, 4) is 5.75 Å². The van der Waals surface area contributed by atoms with Crippen LogP contribution < -0.4 is 10.1 Å². The van der Waals surface area contributed by atoms with Crippen molar-refractivity contribution < 1.29 is 4.74 Å². The molecule has 1 aromatic rings. The van der Waals surface area contributed by atoms with Gasteiger partial charge in [0.2, 0.25) is 0 Å². The van der Waals surface area contributed by atoms with Crippen molar-refractivity contribution in [1.29, 1.82) is 0 Å². The first-order valence-electron chi connectivity index (χ1n) is 7.26. The van der Waals surface area contributed by atoms with E-state index in [9.17, 15) is 0 Å². The lowest BCUT2D eigenvalue weighted by Gasteiger charge is -2.25. The van der Waals surface area contributed by atoms with Crippen LogP contribution in [0.15, 0.2) is 18.2 Å². The number of hydrogen-bond donors (Lipinski definition) is 1. The second kappa shape index (κ2) is 6.40. The van der Waals surface area contributed by atoms with Gasteiger partial charge in [-0.05, 0) is 44.6 Å². The zero-order valence-electron chi connectivity index (χ0n) is 12.6. The number of hydrogen-bond acceptors (Lipinski definition) is 3. The smallest absolute Gasteiger partial charge is 0.122 e. The van der Waals surface area contributed by atoms with E-state index < -0.39 is 0 Å². The lowest BCUT2D eigenvalue weighted by atomic mass is 10.00. The van der Waals surface area contributed by atoms with Crippen LogP contribution in [0.25, 0.3) is 0 Å². The van der Waals surface area contributed by atoms with Gasteiger partial charge >= 0.3 is 0 Å². The van der Waals surface area contributed by atoms with Gasteiger partial charge in [-0.25, -0.2) is 0 Å². The van der Waals surface area contributed by atoms with E-state index in [1.165, 1.54) is 11.1 Å². The SMILES string of the molecule is CCC(NC(C)CN(C)C)c1ccc2c(c1)CCO2. The third kappa shape index (κ3) is 3.71. The van der Waals surface area contributed by atoms with Gasteiger partial charge in [0.1, 0.15) is 5.75 Å². The van der Waals surface area contributed by atoms with Gasteiger partial charge in [0.15, 0.2) is 0 Å². The van der Waals surface area contributed by atoms with E-state index in [0.717, 1.165) is 31.7 Å². The largest absolute Gasteiger partial charge is 0.493 e. The van der Waals surface area contributed by atoms with Crippen LogP contribution in [0.4, 0.5) is 0 Å². The van der Waals surface area contributed by atoms with E-state index >= 15 is 0 Å². The number of likely N-dealkylation sites (N-methyl/N-ethyl adjacent to an activating group) is 1. The molecule has 0 radical (unpaired) electrons. The lowest BCUT2D eigenvalue weighted by Crippen LogP contribution is -2.38. The second-order valence-electron chi connectivity index (χ2n) is 5.76. The molecular formula is C16H26N2O. The highest BCUT2D eigenvalue weighted by Gasteiger charge is 2.17. The van der Waals surface area contributed by atoms with Gasteiger partial charge in [0, 0.05) is 25.0 Å². The van der Waals surface area contributed by atoms with Crippen LogP contribution in [0.5, 0.6) is 5.75 Å². The summed E-state index contributed by atoms with van der Waals surface area (Å²) in [4.78, 5) is 2.22. The Morgan fingerprint density at radius 3 is 2.84 bits per heavy atom. The van der Waals surface area contributed by atoms with Crippen molar-refractivity contribution in [2.75, 3.05) is 27.2 Å². The summed E-state index contributed by atoms with van der Waals surface area (Å²) in [5.41, 5.74) is 2.75. The molecule has 0 saturated carbocycles. The Kier molecular flexibility index (Phi) is 4.83. The highest BCUT2D eigenvalue weighted by Crippen LogP contribution is 2.29. The third-order valence-electron chi connectivity index (χ3n) is 3.65. The summed E-state index contributed by atoms with van der Waals surface area (Å²) in [6.45, 7) is 6.38. The molecule has 0 aromatic heterocycles. The average molecular weight is 262 g/mol. The fourth-order valence-corrected chi connectivity index (χ4v) is 2.82. The zero-order valence-corrected chi connectivity index (χ0v) is 12.6. The number of fused-ring (bicyclic) bond motifs is 1. The van der Waals surface area contributed by atoms with Crippen molar-refractivity contribution >= 4 is 0 Å². The average Bonchev–Trinajstić information content (AvgIpc) is 2.82. The molecule has 0 amide bonds. The van der Waals surface area contributed by atoms with Crippen LogP contribution in [0.2, 0.25) is 0 Å². The number of ether oxygens (including phenoxy) is 1. The fraction of sp³-hybridized carbons (Fsp3) is 0.625. The van der Waals surface area contributed by atoms with Gasteiger partial charge in [-0.1, -0.05) is 19.1 Å². The number of nitrogens with one attached hydrogen (secondary N) is 1. The molecule has 1 heterocycles. The van der Waals surface area contributed by atoms with Crippen LogP contribution in [-0.2, 0) is 6.42 Å². The predicted octanol–water partition coefficient (Wildman–Crippen LogP) is 2.61. The van der Waals surface area contributed by atoms with E-state index in [0.29, 0.717) is 12.1 Å². The Bertz CT molecular complexity index is 417. The second-order valence-corrected chi connectivity index (χ2v) is 5.76. The molecule has 1 N–H and O–H groups in total. The molecule has 1 aliphatic heterocycles. The summed E-state index contributed by atoms with van der Waals surface area (Å²) in [7, 11) is 4.23. The van der Waals surface area contributed by atoms with Gasteiger partial charge in [-0.3, -0.25) is 0 Å². The normalized spacial score (nSPS) is 17.1. The molecule has 1 aliphatic rings. The molecule has 3 heteroatoms. The molecule has 2 unspecified atom stereocenters. The summed E-state index contributed by atoms with van der Waals surface area (Å²) in [5.74, 6) is 1.07. The molecular weight excluding hydrogens is 236 g/mol. The minimum atomic E-state index is 0.431. The predicted molar refractivity (Wildman–Crippen MR) is 79.8 cm³/mol.